The number of rotatable bonds is 6. The molecule has 2 heterocycles. The van der Waals surface area contributed by atoms with Crippen LogP contribution in [-0.2, 0) is 0 Å². The molecule has 0 aliphatic heterocycles. The Kier molecular flexibility index (Phi) is 5.99. The van der Waals surface area contributed by atoms with Gasteiger partial charge in [-0.25, -0.2) is 4.98 Å². The Morgan fingerprint density at radius 3 is 2.68 bits per heavy atom. The van der Waals surface area contributed by atoms with Crippen LogP contribution in [0.3, 0.4) is 0 Å². The molecule has 7 heteroatoms. The summed E-state index contributed by atoms with van der Waals surface area (Å²) >= 11 is 5.97. The van der Waals surface area contributed by atoms with Crippen LogP contribution in [0.2, 0.25) is 5.02 Å². The average Bonchev–Trinajstić information content (AvgIpc) is 3.03. The summed E-state index contributed by atoms with van der Waals surface area (Å²) in [6.45, 7) is 6.62. The molecule has 0 aliphatic rings. The van der Waals surface area contributed by atoms with E-state index >= 15 is 0 Å². The minimum absolute atomic E-state index is 0.152. The monoisotopic (exact) mass is 398 g/mol. The van der Waals surface area contributed by atoms with Gasteiger partial charge in [-0.05, 0) is 55.2 Å². The highest BCUT2D eigenvalue weighted by Crippen LogP contribution is 2.21. The van der Waals surface area contributed by atoms with Gasteiger partial charge in [0.05, 0.1) is 5.52 Å². The third-order valence-corrected chi connectivity index (χ3v) is 4.65. The number of anilines is 1. The number of aryl methyl sites for hydroxylation is 1. The number of imidazole rings is 1. The number of halogens is 1. The number of nitrogens with one attached hydrogen (secondary N) is 2. The number of carbonyl (C=O) groups excluding carboxylic acids is 2. The predicted octanol–water partition coefficient (Wildman–Crippen LogP) is 4.32. The highest BCUT2D eigenvalue weighted by Gasteiger charge is 2.21. The summed E-state index contributed by atoms with van der Waals surface area (Å²) in [5, 5.41) is 6.32. The topological polar surface area (TPSA) is 75.5 Å². The smallest absolute Gasteiger partial charge is 0.292 e. The standard InChI is InChI=1S/C21H23ClN4O2/c1-13(2)9-10-23-20(27)18-17-6-4-5-11-26(17)19(25-18)21(28)24-16-8-7-15(22)12-14(16)3/h4-8,11-13H,9-10H2,1-3H3,(H,23,27)(H,24,28). The lowest BCUT2D eigenvalue weighted by atomic mass is 10.1. The third-order valence-electron chi connectivity index (χ3n) is 4.41. The number of hydrogen-bond acceptors (Lipinski definition) is 3. The molecule has 146 valence electrons. The van der Waals surface area contributed by atoms with Crippen molar-refractivity contribution in [2.75, 3.05) is 11.9 Å². The molecule has 2 N–H and O–H groups in total. The molecular formula is C21H23ClN4O2. The van der Waals surface area contributed by atoms with Gasteiger partial charge in [0.15, 0.2) is 5.69 Å². The number of benzene rings is 1. The van der Waals surface area contributed by atoms with E-state index in [9.17, 15) is 9.59 Å². The largest absolute Gasteiger partial charge is 0.351 e. The molecule has 6 nitrogen and oxygen atoms in total. The van der Waals surface area contributed by atoms with Crippen molar-refractivity contribution in [3.05, 3.63) is 64.7 Å². The predicted molar refractivity (Wildman–Crippen MR) is 111 cm³/mol. The summed E-state index contributed by atoms with van der Waals surface area (Å²) in [5.74, 6) is -0.0409. The van der Waals surface area contributed by atoms with Crippen molar-refractivity contribution < 1.29 is 9.59 Å². The molecule has 0 bridgehead atoms. The van der Waals surface area contributed by atoms with Crippen molar-refractivity contribution in [2.45, 2.75) is 27.2 Å². The highest BCUT2D eigenvalue weighted by atomic mass is 35.5. The first-order chi connectivity index (χ1) is 13.4. The minimum Gasteiger partial charge on any atom is -0.351 e. The Morgan fingerprint density at radius 2 is 1.96 bits per heavy atom. The Morgan fingerprint density at radius 1 is 1.18 bits per heavy atom. The number of aromatic nitrogens is 2. The zero-order chi connectivity index (χ0) is 20.3. The van der Waals surface area contributed by atoms with E-state index in [0.717, 1.165) is 12.0 Å². The van der Waals surface area contributed by atoms with E-state index in [1.165, 1.54) is 0 Å². The van der Waals surface area contributed by atoms with Crippen LogP contribution in [0.25, 0.3) is 5.52 Å². The molecule has 0 aliphatic carbocycles. The zero-order valence-electron chi connectivity index (χ0n) is 16.1. The zero-order valence-corrected chi connectivity index (χ0v) is 16.9. The van der Waals surface area contributed by atoms with Crippen LogP contribution in [0.15, 0.2) is 42.6 Å². The number of amides is 2. The summed E-state index contributed by atoms with van der Waals surface area (Å²) in [5.41, 5.74) is 2.31. The SMILES string of the molecule is Cc1cc(Cl)ccc1NC(=O)c1nc(C(=O)NCCC(C)C)c2ccccn12. The maximum atomic E-state index is 12.8. The van der Waals surface area contributed by atoms with Gasteiger partial charge in [0, 0.05) is 23.5 Å². The number of nitrogens with zero attached hydrogens (tertiary/aromatic N) is 2. The first-order valence-electron chi connectivity index (χ1n) is 9.19. The second-order valence-electron chi connectivity index (χ2n) is 7.09. The molecule has 0 saturated carbocycles. The van der Waals surface area contributed by atoms with E-state index in [4.69, 9.17) is 11.6 Å². The van der Waals surface area contributed by atoms with Crippen LogP contribution in [0.5, 0.6) is 0 Å². The maximum Gasteiger partial charge on any atom is 0.292 e. The highest BCUT2D eigenvalue weighted by molar-refractivity contribution is 6.30. The molecule has 0 unspecified atom stereocenters. The van der Waals surface area contributed by atoms with Crippen molar-refractivity contribution in [1.82, 2.24) is 14.7 Å². The quantitative estimate of drug-likeness (QED) is 0.649. The molecule has 0 saturated heterocycles. The first-order valence-corrected chi connectivity index (χ1v) is 9.57. The lowest BCUT2D eigenvalue weighted by Gasteiger charge is -2.08. The molecule has 0 radical (unpaired) electrons. The van der Waals surface area contributed by atoms with E-state index in [0.29, 0.717) is 28.7 Å². The number of fused-ring (bicyclic) bond motifs is 1. The van der Waals surface area contributed by atoms with Crippen LogP contribution in [0, 0.1) is 12.8 Å². The van der Waals surface area contributed by atoms with Crippen LogP contribution in [0.4, 0.5) is 5.69 Å². The molecule has 2 aromatic heterocycles. The lowest BCUT2D eigenvalue weighted by molar-refractivity contribution is 0.0949. The van der Waals surface area contributed by atoms with E-state index in [1.807, 2.05) is 13.0 Å². The molecule has 2 amide bonds. The molecular weight excluding hydrogens is 376 g/mol. The van der Waals surface area contributed by atoms with Crippen molar-refractivity contribution in [2.24, 2.45) is 5.92 Å². The van der Waals surface area contributed by atoms with Gasteiger partial charge < -0.3 is 10.6 Å². The molecule has 3 rings (SSSR count). The number of carbonyl (C=O) groups is 2. The number of pyridine rings is 1. The Bertz CT molecular complexity index is 1030. The molecule has 1 aromatic carbocycles. The summed E-state index contributed by atoms with van der Waals surface area (Å²) in [4.78, 5) is 29.8. The summed E-state index contributed by atoms with van der Waals surface area (Å²) < 4.78 is 1.62. The van der Waals surface area contributed by atoms with Crippen LogP contribution in [0.1, 0.15) is 46.9 Å². The minimum atomic E-state index is -0.396. The van der Waals surface area contributed by atoms with Crippen LogP contribution >= 0.6 is 11.6 Å². The first kappa shape index (κ1) is 19.9. The van der Waals surface area contributed by atoms with Crippen LogP contribution in [-0.4, -0.2) is 27.7 Å². The van der Waals surface area contributed by atoms with Crippen molar-refractivity contribution >= 4 is 34.6 Å². The van der Waals surface area contributed by atoms with Gasteiger partial charge in [-0.2, -0.15) is 0 Å². The average molecular weight is 399 g/mol. The summed E-state index contributed by atoms with van der Waals surface area (Å²) in [6.07, 6.45) is 2.59. The van der Waals surface area contributed by atoms with Crippen LogP contribution < -0.4 is 10.6 Å². The van der Waals surface area contributed by atoms with Gasteiger partial charge in [-0.1, -0.05) is 31.5 Å². The second kappa shape index (κ2) is 8.44. The van der Waals surface area contributed by atoms with E-state index in [2.05, 4.69) is 29.5 Å². The normalized spacial score (nSPS) is 11.0. The van der Waals surface area contributed by atoms with Gasteiger partial charge in [0.2, 0.25) is 5.82 Å². The maximum absolute atomic E-state index is 12.8. The van der Waals surface area contributed by atoms with Gasteiger partial charge in [0.1, 0.15) is 0 Å². The Labute approximate surface area is 168 Å². The Balaban J connectivity index is 1.89. The van der Waals surface area contributed by atoms with Gasteiger partial charge in [-0.15, -0.1) is 0 Å². The van der Waals surface area contributed by atoms with E-state index in [1.54, 1.807) is 40.9 Å². The molecule has 0 fully saturated rings. The summed E-state index contributed by atoms with van der Waals surface area (Å²) in [7, 11) is 0. The third kappa shape index (κ3) is 4.34. The van der Waals surface area contributed by atoms with E-state index < -0.39 is 5.91 Å². The molecule has 0 spiro atoms. The Hall–Kier alpha value is -2.86. The lowest BCUT2D eigenvalue weighted by Crippen LogP contribution is -2.26. The fourth-order valence-electron chi connectivity index (χ4n) is 2.87. The fraction of sp³-hybridized carbons (Fsp3) is 0.286. The molecule has 3 aromatic rings. The number of hydrogen-bond donors (Lipinski definition) is 2. The van der Waals surface area contributed by atoms with Gasteiger partial charge in [0.25, 0.3) is 11.8 Å². The molecule has 0 atom stereocenters. The van der Waals surface area contributed by atoms with Gasteiger partial charge in [-0.3, -0.25) is 14.0 Å². The van der Waals surface area contributed by atoms with Crippen molar-refractivity contribution in [3.63, 3.8) is 0 Å². The molecule has 28 heavy (non-hydrogen) atoms. The second-order valence-corrected chi connectivity index (χ2v) is 7.53. The van der Waals surface area contributed by atoms with Crippen molar-refractivity contribution in [3.8, 4) is 0 Å². The van der Waals surface area contributed by atoms with Gasteiger partial charge >= 0.3 is 0 Å². The van der Waals surface area contributed by atoms with E-state index in [-0.39, 0.29) is 17.4 Å². The van der Waals surface area contributed by atoms with Crippen molar-refractivity contribution in [1.29, 1.82) is 0 Å². The fourth-order valence-corrected chi connectivity index (χ4v) is 3.10. The summed E-state index contributed by atoms with van der Waals surface area (Å²) in [6, 6.07) is 10.6.